The lowest BCUT2D eigenvalue weighted by Crippen LogP contribution is -2.55. The normalized spacial score (nSPS) is 19.2. The van der Waals surface area contributed by atoms with Crippen molar-refractivity contribution in [3.8, 4) is 5.75 Å². The number of thioether (sulfide) groups is 1. The van der Waals surface area contributed by atoms with E-state index in [-0.39, 0.29) is 29.8 Å². The van der Waals surface area contributed by atoms with E-state index in [1.54, 1.807) is 43.1 Å². The van der Waals surface area contributed by atoms with Crippen molar-refractivity contribution >= 4 is 29.3 Å². The van der Waals surface area contributed by atoms with E-state index in [4.69, 9.17) is 4.74 Å². The lowest BCUT2D eigenvalue weighted by Gasteiger charge is -2.31. The van der Waals surface area contributed by atoms with Crippen LogP contribution in [0.5, 0.6) is 5.75 Å². The Morgan fingerprint density at radius 3 is 2.63 bits per heavy atom. The quantitative estimate of drug-likeness (QED) is 0.683. The zero-order valence-corrected chi connectivity index (χ0v) is 15.9. The average molecular weight is 385 g/mol. The van der Waals surface area contributed by atoms with E-state index in [1.165, 1.54) is 5.56 Å². The van der Waals surface area contributed by atoms with Crippen molar-refractivity contribution in [1.82, 2.24) is 10.6 Å². The predicted octanol–water partition coefficient (Wildman–Crippen LogP) is 2.72. The molecule has 2 aromatic carbocycles. The van der Waals surface area contributed by atoms with Crippen LogP contribution in [0, 0.1) is 0 Å². The van der Waals surface area contributed by atoms with Crippen LogP contribution in [0.25, 0.3) is 0 Å². The maximum absolute atomic E-state index is 12.3. The fourth-order valence-corrected chi connectivity index (χ4v) is 3.88. The van der Waals surface area contributed by atoms with Crippen LogP contribution in [-0.4, -0.2) is 30.5 Å². The lowest BCUT2D eigenvalue weighted by molar-refractivity contribution is -0.124. The van der Waals surface area contributed by atoms with Gasteiger partial charge < -0.3 is 15.4 Å². The topological polar surface area (TPSA) is 79.5 Å². The molecule has 2 unspecified atom stereocenters. The van der Waals surface area contributed by atoms with Gasteiger partial charge in [0, 0.05) is 30.3 Å². The SMILES string of the molecule is COc1ccc(NC(=O)CC2CC(=O)NC(SCc3ccccc3)N2)cc1. The number of methoxy groups -OCH3 is 1. The van der Waals surface area contributed by atoms with Gasteiger partial charge in [-0.05, 0) is 29.8 Å². The number of hydrogen-bond acceptors (Lipinski definition) is 5. The zero-order valence-electron chi connectivity index (χ0n) is 15.1. The summed E-state index contributed by atoms with van der Waals surface area (Å²) in [5, 5.41) is 9.11. The van der Waals surface area contributed by atoms with Crippen molar-refractivity contribution in [2.75, 3.05) is 12.4 Å². The molecule has 0 aromatic heterocycles. The Morgan fingerprint density at radius 2 is 1.93 bits per heavy atom. The fourth-order valence-electron chi connectivity index (χ4n) is 2.83. The Morgan fingerprint density at radius 1 is 1.19 bits per heavy atom. The first-order valence-electron chi connectivity index (χ1n) is 8.77. The standard InChI is InChI=1S/C20H23N3O3S/c1-26-17-9-7-15(8-10-17)21-18(24)11-16-12-19(25)23-20(22-16)27-13-14-5-3-2-4-6-14/h2-10,16,20,22H,11-13H2,1H3,(H,21,24)(H,23,25). The van der Waals surface area contributed by atoms with Gasteiger partial charge in [-0.2, -0.15) is 0 Å². The molecule has 0 aliphatic carbocycles. The summed E-state index contributed by atoms with van der Waals surface area (Å²) in [5.74, 6) is 1.35. The van der Waals surface area contributed by atoms with Crippen molar-refractivity contribution < 1.29 is 14.3 Å². The first-order valence-corrected chi connectivity index (χ1v) is 9.82. The highest BCUT2D eigenvalue weighted by atomic mass is 32.2. The van der Waals surface area contributed by atoms with Gasteiger partial charge in [-0.15, -0.1) is 11.8 Å². The Balaban J connectivity index is 1.49. The van der Waals surface area contributed by atoms with Gasteiger partial charge in [-0.3, -0.25) is 14.9 Å². The van der Waals surface area contributed by atoms with Gasteiger partial charge in [0.1, 0.15) is 11.2 Å². The number of carbonyl (C=O) groups is 2. The number of hydrogen-bond donors (Lipinski definition) is 3. The molecule has 0 radical (unpaired) electrons. The molecule has 2 amide bonds. The molecule has 1 fully saturated rings. The number of carbonyl (C=O) groups excluding carboxylic acids is 2. The summed E-state index contributed by atoms with van der Waals surface area (Å²) in [6.45, 7) is 0. The van der Waals surface area contributed by atoms with Crippen molar-refractivity contribution in [1.29, 1.82) is 0 Å². The Bertz CT molecular complexity index is 768. The summed E-state index contributed by atoms with van der Waals surface area (Å²) in [5.41, 5.74) is 1.69. The van der Waals surface area contributed by atoms with Crippen LogP contribution < -0.4 is 20.7 Å². The summed E-state index contributed by atoms with van der Waals surface area (Å²) in [6.07, 6.45) is 0.528. The van der Waals surface area contributed by atoms with Crippen molar-refractivity contribution in [3.05, 3.63) is 60.2 Å². The molecule has 2 aromatic rings. The Labute approximate surface area is 163 Å². The minimum Gasteiger partial charge on any atom is -0.497 e. The van der Waals surface area contributed by atoms with E-state index < -0.39 is 0 Å². The smallest absolute Gasteiger partial charge is 0.225 e. The second-order valence-corrected chi connectivity index (χ2v) is 7.39. The summed E-state index contributed by atoms with van der Waals surface area (Å²) in [7, 11) is 1.60. The summed E-state index contributed by atoms with van der Waals surface area (Å²) < 4.78 is 5.10. The van der Waals surface area contributed by atoms with Crippen LogP contribution >= 0.6 is 11.8 Å². The van der Waals surface area contributed by atoms with Crippen LogP contribution in [-0.2, 0) is 15.3 Å². The van der Waals surface area contributed by atoms with Crippen LogP contribution in [0.1, 0.15) is 18.4 Å². The first kappa shape index (κ1) is 19.3. The highest BCUT2D eigenvalue weighted by molar-refractivity contribution is 7.99. The Hall–Kier alpha value is -2.51. The molecule has 0 spiro atoms. The van der Waals surface area contributed by atoms with Gasteiger partial charge in [0.15, 0.2) is 0 Å². The van der Waals surface area contributed by atoms with Crippen LogP contribution in [0.2, 0.25) is 0 Å². The number of benzene rings is 2. The molecule has 7 heteroatoms. The molecular weight excluding hydrogens is 362 g/mol. The third kappa shape index (κ3) is 6.01. The van der Waals surface area contributed by atoms with Crippen LogP contribution in [0.3, 0.4) is 0 Å². The summed E-state index contributed by atoms with van der Waals surface area (Å²) in [6, 6.07) is 17.0. The molecule has 1 saturated heterocycles. The highest BCUT2D eigenvalue weighted by Gasteiger charge is 2.27. The number of ether oxygens (including phenoxy) is 1. The first-order chi connectivity index (χ1) is 13.1. The summed E-state index contributed by atoms with van der Waals surface area (Å²) >= 11 is 1.60. The van der Waals surface area contributed by atoms with E-state index in [9.17, 15) is 9.59 Å². The van der Waals surface area contributed by atoms with E-state index in [1.807, 2.05) is 18.2 Å². The molecule has 0 bridgehead atoms. The molecule has 3 rings (SSSR count). The third-order valence-electron chi connectivity index (χ3n) is 4.18. The van der Waals surface area contributed by atoms with Gasteiger partial charge in [-0.1, -0.05) is 30.3 Å². The molecule has 1 heterocycles. The molecule has 1 aliphatic rings. The maximum Gasteiger partial charge on any atom is 0.225 e. The minimum absolute atomic E-state index is 0.0402. The van der Waals surface area contributed by atoms with Gasteiger partial charge in [-0.25, -0.2) is 0 Å². The molecule has 3 N–H and O–H groups in total. The van der Waals surface area contributed by atoms with E-state index in [0.29, 0.717) is 12.1 Å². The fraction of sp³-hybridized carbons (Fsp3) is 0.300. The van der Waals surface area contributed by atoms with Crippen LogP contribution in [0.4, 0.5) is 5.69 Å². The average Bonchev–Trinajstić information content (AvgIpc) is 2.67. The third-order valence-corrected chi connectivity index (χ3v) is 5.26. The predicted molar refractivity (Wildman–Crippen MR) is 107 cm³/mol. The molecule has 1 aliphatic heterocycles. The van der Waals surface area contributed by atoms with Gasteiger partial charge in [0.25, 0.3) is 0 Å². The van der Waals surface area contributed by atoms with E-state index in [0.717, 1.165) is 11.5 Å². The van der Waals surface area contributed by atoms with E-state index >= 15 is 0 Å². The zero-order chi connectivity index (χ0) is 19.1. The monoisotopic (exact) mass is 385 g/mol. The molecule has 2 atom stereocenters. The number of nitrogens with one attached hydrogen (secondary N) is 3. The van der Waals surface area contributed by atoms with Gasteiger partial charge in [0.2, 0.25) is 11.8 Å². The van der Waals surface area contributed by atoms with Crippen molar-refractivity contribution in [2.24, 2.45) is 0 Å². The summed E-state index contributed by atoms with van der Waals surface area (Å²) in [4.78, 5) is 24.3. The van der Waals surface area contributed by atoms with Crippen LogP contribution in [0.15, 0.2) is 54.6 Å². The van der Waals surface area contributed by atoms with Crippen molar-refractivity contribution in [3.63, 3.8) is 0 Å². The number of amides is 2. The molecule has 27 heavy (non-hydrogen) atoms. The molecular formula is C20H23N3O3S. The maximum atomic E-state index is 12.3. The largest absolute Gasteiger partial charge is 0.497 e. The molecule has 6 nitrogen and oxygen atoms in total. The second kappa shape index (κ2) is 9.43. The number of anilines is 1. The van der Waals surface area contributed by atoms with Gasteiger partial charge in [0.05, 0.1) is 7.11 Å². The minimum atomic E-state index is -0.203. The lowest BCUT2D eigenvalue weighted by atomic mass is 10.1. The van der Waals surface area contributed by atoms with Gasteiger partial charge >= 0.3 is 0 Å². The van der Waals surface area contributed by atoms with Crippen molar-refractivity contribution in [2.45, 2.75) is 30.1 Å². The highest BCUT2D eigenvalue weighted by Crippen LogP contribution is 2.20. The molecule has 0 saturated carbocycles. The molecule has 142 valence electrons. The number of rotatable bonds is 7. The second-order valence-electron chi connectivity index (χ2n) is 6.29. The van der Waals surface area contributed by atoms with E-state index in [2.05, 4.69) is 28.1 Å². The Kier molecular flexibility index (Phi) is 6.73.